The lowest BCUT2D eigenvalue weighted by Gasteiger charge is -2.16. The topological polar surface area (TPSA) is 55.4 Å². The van der Waals surface area contributed by atoms with Gasteiger partial charge in [-0.3, -0.25) is 0 Å². The second kappa shape index (κ2) is 7.15. The third kappa shape index (κ3) is 4.12. The van der Waals surface area contributed by atoms with Crippen LogP contribution in [0.15, 0.2) is 47.4 Å². The molecule has 2 aromatic carbocycles. The number of methoxy groups -OCH3 is 1. The molecule has 0 spiro atoms. The minimum atomic E-state index is -3.55. The number of hydrogen-bond donors (Lipinski definition) is 1. The number of benzene rings is 2. The van der Waals surface area contributed by atoms with Crippen LogP contribution >= 0.6 is 0 Å². The first-order valence-electron chi connectivity index (χ1n) is 7.55. The van der Waals surface area contributed by atoms with E-state index in [1.165, 1.54) is 0 Å². The highest BCUT2D eigenvalue weighted by Crippen LogP contribution is 2.25. The molecule has 0 saturated carbocycles. The lowest BCUT2D eigenvalue weighted by atomic mass is 10.0. The average Bonchev–Trinajstić information content (AvgIpc) is 2.55. The van der Waals surface area contributed by atoms with Crippen LogP contribution in [0.2, 0.25) is 0 Å². The Hall–Kier alpha value is -1.85. The number of aryl methyl sites for hydroxylation is 2. The minimum Gasteiger partial charge on any atom is -0.496 e. The zero-order valence-corrected chi connectivity index (χ0v) is 14.8. The predicted octanol–water partition coefficient (Wildman–Crippen LogP) is 3.39. The summed E-state index contributed by atoms with van der Waals surface area (Å²) in [7, 11) is -1.97. The van der Waals surface area contributed by atoms with Crippen LogP contribution in [0.1, 0.15) is 29.5 Å². The minimum absolute atomic E-state index is 0.102. The quantitative estimate of drug-likeness (QED) is 0.881. The van der Waals surface area contributed by atoms with Crippen LogP contribution in [0.5, 0.6) is 5.75 Å². The fraction of sp³-hybridized carbons (Fsp3) is 0.333. The zero-order valence-electron chi connectivity index (χ0n) is 14.0. The van der Waals surface area contributed by atoms with Crippen molar-refractivity contribution in [1.82, 2.24) is 4.72 Å². The summed E-state index contributed by atoms with van der Waals surface area (Å²) in [4.78, 5) is 0.302. The molecule has 0 aromatic heterocycles. The molecular formula is C18H23NO3S. The molecule has 0 fully saturated rings. The number of ether oxygens (including phenoxy) is 1. The zero-order chi connectivity index (χ0) is 17.0. The standard InChI is InChI=1S/C18H23NO3S/c1-13-11-18(14(2)10-17(13)22-4)23(20,21)19-12-15(3)16-8-6-5-7-9-16/h5-11,15,19H,12H2,1-4H3. The summed E-state index contributed by atoms with van der Waals surface area (Å²) >= 11 is 0. The first-order chi connectivity index (χ1) is 10.8. The van der Waals surface area contributed by atoms with Crippen molar-refractivity contribution in [2.24, 2.45) is 0 Å². The molecule has 2 rings (SSSR count). The second-order valence-corrected chi connectivity index (χ2v) is 7.49. The molecule has 1 N–H and O–H groups in total. The fourth-order valence-corrected chi connectivity index (χ4v) is 3.92. The fourth-order valence-electron chi connectivity index (χ4n) is 2.48. The van der Waals surface area contributed by atoms with Crippen molar-refractivity contribution in [3.63, 3.8) is 0 Å². The number of rotatable bonds is 6. The van der Waals surface area contributed by atoms with E-state index >= 15 is 0 Å². The predicted molar refractivity (Wildman–Crippen MR) is 92.5 cm³/mol. The van der Waals surface area contributed by atoms with E-state index in [-0.39, 0.29) is 5.92 Å². The molecule has 0 radical (unpaired) electrons. The van der Waals surface area contributed by atoms with Crippen LogP contribution in [0.4, 0.5) is 0 Å². The Morgan fingerprint density at radius 1 is 1.09 bits per heavy atom. The molecule has 0 heterocycles. The smallest absolute Gasteiger partial charge is 0.240 e. The van der Waals surface area contributed by atoms with Crippen molar-refractivity contribution in [2.75, 3.05) is 13.7 Å². The van der Waals surface area contributed by atoms with E-state index in [4.69, 9.17) is 4.74 Å². The van der Waals surface area contributed by atoms with Gasteiger partial charge in [-0.15, -0.1) is 0 Å². The molecule has 0 aliphatic heterocycles. The maximum Gasteiger partial charge on any atom is 0.240 e. The Bertz CT molecular complexity index is 770. The van der Waals surface area contributed by atoms with Crippen molar-refractivity contribution >= 4 is 10.0 Å². The van der Waals surface area contributed by atoms with E-state index in [9.17, 15) is 8.42 Å². The average molecular weight is 333 g/mol. The monoisotopic (exact) mass is 333 g/mol. The van der Waals surface area contributed by atoms with Crippen LogP contribution in [-0.2, 0) is 10.0 Å². The van der Waals surface area contributed by atoms with E-state index in [0.29, 0.717) is 22.8 Å². The maximum absolute atomic E-state index is 12.6. The summed E-state index contributed by atoms with van der Waals surface area (Å²) in [5.74, 6) is 0.796. The molecule has 2 aromatic rings. The van der Waals surface area contributed by atoms with Gasteiger partial charge in [0.1, 0.15) is 5.75 Å². The van der Waals surface area contributed by atoms with E-state index < -0.39 is 10.0 Å². The van der Waals surface area contributed by atoms with Gasteiger partial charge >= 0.3 is 0 Å². The molecule has 23 heavy (non-hydrogen) atoms. The van der Waals surface area contributed by atoms with E-state index in [0.717, 1.165) is 11.1 Å². The van der Waals surface area contributed by atoms with Crippen LogP contribution in [0.25, 0.3) is 0 Å². The summed E-state index contributed by atoms with van der Waals surface area (Å²) in [5, 5.41) is 0. The Morgan fingerprint density at radius 2 is 1.74 bits per heavy atom. The van der Waals surface area contributed by atoms with Gasteiger partial charge in [0.15, 0.2) is 0 Å². The van der Waals surface area contributed by atoms with Gasteiger partial charge in [0.2, 0.25) is 10.0 Å². The molecule has 4 nitrogen and oxygen atoms in total. The Kier molecular flexibility index (Phi) is 5.44. The molecule has 1 unspecified atom stereocenters. The van der Waals surface area contributed by atoms with E-state index in [1.54, 1.807) is 26.2 Å². The third-order valence-electron chi connectivity index (χ3n) is 3.93. The molecule has 0 bridgehead atoms. The van der Waals surface area contributed by atoms with Gasteiger partial charge in [-0.1, -0.05) is 37.3 Å². The Balaban J connectivity index is 2.18. The van der Waals surface area contributed by atoms with Crippen LogP contribution in [0.3, 0.4) is 0 Å². The summed E-state index contributed by atoms with van der Waals surface area (Å²) in [6.45, 7) is 5.97. The molecule has 1 atom stereocenters. The van der Waals surface area contributed by atoms with Gasteiger partial charge in [0.25, 0.3) is 0 Å². The Morgan fingerprint density at radius 3 is 2.35 bits per heavy atom. The van der Waals surface area contributed by atoms with Gasteiger partial charge in [-0.05, 0) is 48.6 Å². The van der Waals surface area contributed by atoms with Crippen molar-refractivity contribution in [3.8, 4) is 5.75 Å². The van der Waals surface area contributed by atoms with Gasteiger partial charge in [-0.25, -0.2) is 13.1 Å². The molecule has 0 amide bonds. The molecular weight excluding hydrogens is 310 g/mol. The summed E-state index contributed by atoms with van der Waals surface area (Å²) in [6.07, 6.45) is 0. The van der Waals surface area contributed by atoms with Crippen molar-refractivity contribution in [2.45, 2.75) is 31.6 Å². The van der Waals surface area contributed by atoms with E-state index in [1.807, 2.05) is 44.2 Å². The van der Waals surface area contributed by atoms with Crippen molar-refractivity contribution < 1.29 is 13.2 Å². The summed E-state index contributed by atoms with van der Waals surface area (Å²) in [6, 6.07) is 13.3. The highest BCUT2D eigenvalue weighted by Gasteiger charge is 2.19. The lowest BCUT2D eigenvalue weighted by molar-refractivity contribution is 0.411. The number of hydrogen-bond acceptors (Lipinski definition) is 3. The van der Waals surface area contributed by atoms with Gasteiger partial charge in [-0.2, -0.15) is 0 Å². The normalized spacial score (nSPS) is 12.9. The Labute approximate surface area is 138 Å². The first-order valence-corrected chi connectivity index (χ1v) is 9.03. The van der Waals surface area contributed by atoms with Crippen LogP contribution < -0.4 is 9.46 Å². The summed E-state index contributed by atoms with van der Waals surface area (Å²) < 4.78 is 33.1. The first kappa shape index (κ1) is 17.5. The second-order valence-electron chi connectivity index (χ2n) is 5.75. The molecule has 5 heteroatoms. The lowest BCUT2D eigenvalue weighted by Crippen LogP contribution is -2.28. The maximum atomic E-state index is 12.6. The van der Waals surface area contributed by atoms with E-state index in [2.05, 4.69) is 4.72 Å². The van der Waals surface area contributed by atoms with Gasteiger partial charge in [0, 0.05) is 6.54 Å². The van der Waals surface area contributed by atoms with Gasteiger partial charge < -0.3 is 4.74 Å². The third-order valence-corrected chi connectivity index (χ3v) is 5.50. The van der Waals surface area contributed by atoms with Crippen LogP contribution in [-0.4, -0.2) is 22.1 Å². The SMILES string of the molecule is COc1cc(C)c(S(=O)(=O)NCC(C)c2ccccc2)cc1C. The van der Waals surface area contributed by atoms with Crippen molar-refractivity contribution in [3.05, 3.63) is 59.2 Å². The number of sulfonamides is 1. The molecule has 0 aliphatic rings. The molecule has 0 saturated heterocycles. The molecule has 0 aliphatic carbocycles. The highest BCUT2D eigenvalue weighted by molar-refractivity contribution is 7.89. The van der Waals surface area contributed by atoms with Gasteiger partial charge in [0.05, 0.1) is 12.0 Å². The van der Waals surface area contributed by atoms with Crippen LogP contribution in [0, 0.1) is 13.8 Å². The molecule has 124 valence electrons. The summed E-state index contributed by atoms with van der Waals surface area (Å²) in [5.41, 5.74) is 2.58. The largest absolute Gasteiger partial charge is 0.496 e. The number of nitrogens with one attached hydrogen (secondary N) is 1. The van der Waals surface area contributed by atoms with Crippen molar-refractivity contribution in [1.29, 1.82) is 0 Å². The highest BCUT2D eigenvalue weighted by atomic mass is 32.2.